The molecule has 4 nitrogen and oxygen atoms in total. The summed E-state index contributed by atoms with van der Waals surface area (Å²) in [5.74, 6) is 2.52. The molecule has 1 aliphatic heterocycles. The smallest absolute Gasteiger partial charge is 0.162 e. The Morgan fingerprint density at radius 3 is 2.91 bits per heavy atom. The van der Waals surface area contributed by atoms with Gasteiger partial charge in [-0.1, -0.05) is 0 Å². The van der Waals surface area contributed by atoms with Crippen LogP contribution in [0.25, 0.3) is 10.8 Å². The molecule has 0 amide bonds. The molecule has 1 saturated heterocycles. The van der Waals surface area contributed by atoms with Gasteiger partial charge in [0.25, 0.3) is 0 Å². The molecule has 5 heteroatoms. The summed E-state index contributed by atoms with van der Waals surface area (Å²) in [5.41, 5.74) is 1.17. The van der Waals surface area contributed by atoms with Gasteiger partial charge in [0.1, 0.15) is 5.76 Å². The van der Waals surface area contributed by atoms with Gasteiger partial charge in [0.05, 0.1) is 12.3 Å². The van der Waals surface area contributed by atoms with Crippen molar-refractivity contribution in [3.8, 4) is 10.8 Å². The number of hydrogen-bond acceptors (Lipinski definition) is 5. The van der Waals surface area contributed by atoms with Crippen LogP contribution < -0.4 is 0 Å². The quantitative estimate of drug-likeness (QED) is 0.814. The minimum Gasteiger partial charge on any atom is -0.459 e. The van der Waals surface area contributed by atoms with Crippen molar-refractivity contribution in [3.63, 3.8) is 0 Å². The Morgan fingerprint density at radius 1 is 1.32 bits per heavy atom. The van der Waals surface area contributed by atoms with Crippen LogP contribution in [0.4, 0.5) is 0 Å². The van der Waals surface area contributed by atoms with Crippen LogP contribution in [0.5, 0.6) is 0 Å². The summed E-state index contributed by atoms with van der Waals surface area (Å²) in [6.07, 6.45) is 3.88. The van der Waals surface area contributed by atoms with E-state index in [1.54, 1.807) is 11.3 Å². The van der Waals surface area contributed by atoms with E-state index >= 15 is 0 Å². The van der Waals surface area contributed by atoms with Crippen molar-refractivity contribution < 1.29 is 9.15 Å². The second kappa shape index (κ2) is 6.14. The van der Waals surface area contributed by atoms with Crippen LogP contribution in [0.2, 0.25) is 0 Å². The van der Waals surface area contributed by atoms with Crippen molar-refractivity contribution in [2.75, 3.05) is 19.8 Å². The molecule has 1 atom stereocenters. The molecule has 0 radical (unpaired) electrons. The van der Waals surface area contributed by atoms with Gasteiger partial charge in [-0.15, -0.1) is 11.3 Å². The zero-order valence-electron chi connectivity index (χ0n) is 13.0. The highest BCUT2D eigenvalue weighted by molar-refractivity contribution is 7.13. The predicted molar refractivity (Wildman–Crippen MR) is 86.9 cm³/mol. The van der Waals surface area contributed by atoms with Gasteiger partial charge in [0.2, 0.25) is 0 Å². The topological polar surface area (TPSA) is 38.5 Å². The Morgan fingerprint density at radius 2 is 2.23 bits per heavy atom. The van der Waals surface area contributed by atoms with E-state index in [4.69, 9.17) is 14.1 Å². The predicted octanol–water partition coefficient (Wildman–Crippen LogP) is 3.71. The van der Waals surface area contributed by atoms with E-state index in [0.717, 1.165) is 48.9 Å². The van der Waals surface area contributed by atoms with Crippen molar-refractivity contribution >= 4 is 11.3 Å². The number of aromatic nitrogens is 1. The molecule has 118 valence electrons. The normalized spacial score (nSPS) is 21.8. The SMILES string of the molecule is Cc1ccc(-c2nc(CN(C[C@@H]3CCOC3)C3CC3)cs2)o1. The molecule has 22 heavy (non-hydrogen) atoms. The van der Waals surface area contributed by atoms with Crippen molar-refractivity contribution in [3.05, 3.63) is 29.0 Å². The van der Waals surface area contributed by atoms with E-state index in [-0.39, 0.29) is 0 Å². The van der Waals surface area contributed by atoms with Crippen molar-refractivity contribution in [2.45, 2.75) is 38.8 Å². The maximum Gasteiger partial charge on any atom is 0.162 e. The molecule has 0 aromatic carbocycles. The third kappa shape index (κ3) is 3.26. The second-order valence-electron chi connectivity index (χ2n) is 6.44. The average molecular weight is 318 g/mol. The maximum absolute atomic E-state index is 5.67. The zero-order chi connectivity index (χ0) is 14.9. The highest BCUT2D eigenvalue weighted by Gasteiger charge is 2.32. The lowest BCUT2D eigenvalue weighted by Crippen LogP contribution is -2.31. The molecular weight excluding hydrogens is 296 g/mol. The molecule has 2 aromatic rings. The lowest BCUT2D eigenvalue weighted by atomic mass is 10.1. The lowest BCUT2D eigenvalue weighted by Gasteiger charge is -2.23. The van der Waals surface area contributed by atoms with E-state index in [0.29, 0.717) is 5.92 Å². The summed E-state index contributed by atoms with van der Waals surface area (Å²) >= 11 is 1.68. The summed E-state index contributed by atoms with van der Waals surface area (Å²) in [5, 5.41) is 3.16. The molecular formula is C17H22N2O2S. The van der Waals surface area contributed by atoms with Crippen molar-refractivity contribution in [1.29, 1.82) is 0 Å². The van der Waals surface area contributed by atoms with Crippen LogP contribution in [0.15, 0.2) is 21.9 Å². The number of rotatable bonds is 6. The average Bonchev–Trinajstić information content (AvgIpc) is 2.92. The molecule has 4 rings (SSSR count). The third-order valence-electron chi connectivity index (χ3n) is 4.45. The fourth-order valence-corrected chi connectivity index (χ4v) is 3.86. The van der Waals surface area contributed by atoms with E-state index in [9.17, 15) is 0 Å². The third-order valence-corrected chi connectivity index (χ3v) is 5.35. The summed E-state index contributed by atoms with van der Waals surface area (Å²) in [6.45, 7) is 5.93. The van der Waals surface area contributed by atoms with Gasteiger partial charge in [0, 0.05) is 31.1 Å². The van der Waals surface area contributed by atoms with Crippen LogP contribution >= 0.6 is 11.3 Å². The molecule has 0 spiro atoms. The van der Waals surface area contributed by atoms with Crippen molar-refractivity contribution in [1.82, 2.24) is 9.88 Å². The molecule has 0 bridgehead atoms. The summed E-state index contributed by atoms with van der Waals surface area (Å²) in [7, 11) is 0. The van der Waals surface area contributed by atoms with Gasteiger partial charge in [-0.3, -0.25) is 4.90 Å². The molecule has 1 saturated carbocycles. The first kappa shape index (κ1) is 14.4. The van der Waals surface area contributed by atoms with Crippen LogP contribution in [0, 0.1) is 12.8 Å². The first-order chi connectivity index (χ1) is 10.8. The fourth-order valence-electron chi connectivity index (χ4n) is 3.09. The Balaban J connectivity index is 1.43. The Hall–Kier alpha value is -1.17. The number of aryl methyl sites for hydroxylation is 1. The standard InChI is InChI=1S/C17H22N2O2S/c1-12-2-5-16(21-12)17-18-14(11-22-17)9-19(15-3-4-15)8-13-6-7-20-10-13/h2,5,11,13,15H,3-4,6-10H2,1H3/t13-/m0/s1. The number of hydrogen-bond donors (Lipinski definition) is 0. The van der Waals surface area contributed by atoms with Gasteiger partial charge in [-0.25, -0.2) is 4.98 Å². The van der Waals surface area contributed by atoms with Gasteiger partial charge in [-0.2, -0.15) is 0 Å². The minimum absolute atomic E-state index is 0.700. The highest BCUT2D eigenvalue weighted by Crippen LogP contribution is 2.32. The van der Waals surface area contributed by atoms with E-state index in [1.807, 2.05) is 19.1 Å². The van der Waals surface area contributed by atoms with E-state index in [2.05, 4.69) is 10.3 Å². The summed E-state index contributed by atoms with van der Waals surface area (Å²) in [4.78, 5) is 7.37. The van der Waals surface area contributed by atoms with E-state index in [1.165, 1.54) is 25.0 Å². The number of furan rings is 1. The first-order valence-corrected chi connectivity index (χ1v) is 8.99. The Kier molecular flexibility index (Phi) is 4.03. The molecule has 0 unspecified atom stereocenters. The van der Waals surface area contributed by atoms with E-state index < -0.39 is 0 Å². The van der Waals surface area contributed by atoms with Gasteiger partial charge in [0.15, 0.2) is 10.8 Å². The van der Waals surface area contributed by atoms with Crippen LogP contribution in [0.1, 0.15) is 30.7 Å². The minimum atomic E-state index is 0.700. The van der Waals surface area contributed by atoms with Crippen LogP contribution in [-0.4, -0.2) is 35.7 Å². The maximum atomic E-state index is 5.67. The monoisotopic (exact) mass is 318 g/mol. The number of nitrogens with zero attached hydrogens (tertiary/aromatic N) is 2. The summed E-state index contributed by atoms with van der Waals surface area (Å²) in [6, 6.07) is 4.76. The first-order valence-electron chi connectivity index (χ1n) is 8.11. The highest BCUT2D eigenvalue weighted by atomic mass is 32.1. The lowest BCUT2D eigenvalue weighted by molar-refractivity contribution is 0.161. The molecule has 2 aromatic heterocycles. The molecule has 1 aliphatic carbocycles. The molecule has 0 N–H and O–H groups in total. The fraction of sp³-hybridized carbons (Fsp3) is 0.588. The van der Waals surface area contributed by atoms with Gasteiger partial charge < -0.3 is 9.15 Å². The van der Waals surface area contributed by atoms with Crippen molar-refractivity contribution in [2.24, 2.45) is 5.92 Å². The number of ether oxygens (including phenoxy) is 1. The largest absolute Gasteiger partial charge is 0.459 e. The van der Waals surface area contributed by atoms with Gasteiger partial charge >= 0.3 is 0 Å². The molecule has 2 fully saturated rings. The summed E-state index contributed by atoms with van der Waals surface area (Å²) < 4.78 is 11.2. The second-order valence-corrected chi connectivity index (χ2v) is 7.30. The van der Waals surface area contributed by atoms with Crippen LogP contribution in [-0.2, 0) is 11.3 Å². The molecule has 2 aliphatic rings. The van der Waals surface area contributed by atoms with Crippen LogP contribution in [0.3, 0.4) is 0 Å². The number of thiazole rings is 1. The Bertz CT molecular complexity index is 626. The van der Waals surface area contributed by atoms with Gasteiger partial charge in [-0.05, 0) is 44.2 Å². The Labute approximate surface area is 135 Å². The zero-order valence-corrected chi connectivity index (χ0v) is 13.8. The molecule has 3 heterocycles.